The third-order valence-electron chi connectivity index (χ3n) is 0.492. The molecule has 80 valence electrons. The molecular weight excluding hydrogens is 190 g/mol. The lowest BCUT2D eigenvalue weighted by Gasteiger charge is -1.91. The predicted octanol–water partition coefficient (Wildman–Crippen LogP) is 0.804. The number of ether oxygens (including phenoxy) is 2. The summed E-state index contributed by atoms with van der Waals surface area (Å²) in [6.45, 7) is 2.81. The molecule has 0 heterocycles. The molecule has 0 rings (SSSR count). The van der Waals surface area contributed by atoms with Crippen LogP contribution in [0.3, 0.4) is 0 Å². The van der Waals surface area contributed by atoms with Gasteiger partial charge in [0.2, 0.25) is 0 Å². The Labute approximate surface area is 84.0 Å². The Kier molecular flexibility index (Phi) is 32.1. The van der Waals surface area contributed by atoms with Crippen molar-refractivity contribution in [3.63, 3.8) is 0 Å². The molecule has 0 aliphatic rings. The first kappa shape index (κ1) is 18.5. The summed E-state index contributed by atoms with van der Waals surface area (Å²) in [5.74, 6) is 0. The van der Waals surface area contributed by atoms with Gasteiger partial charge in [-0.2, -0.15) is 5.26 Å². The largest absolute Gasteiger partial charge is 0.617 e. The van der Waals surface area contributed by atoms with Gasteiger partial charge in [0.1, 0.15) is 0 Å². The smallest absolute Gasteiger partial charge is 0.0946 e. The van der Waals surface area contributed by atoms with Crippen LogP contribution in [-0.4, -0.2) is 44.5 Å². The van der Waals surface area contributed by atoms with Crippen LogP contribution in [0.25, 0.3) is 0 Å². The predicted molar refractivity (Wildman–Crippen MR) is 55.0 cm³/mol. The maximum absolute atomic E-state index is 9.56. The fourth-order valence-electron chi connectivity index (χ4n) is 0.167. The van der Waals surface area contributed by atoms with E-state index in [0.717, 1.165) is 0 Å². The van der Waals surface area contributed by atoms with E-state index in [9.17, 15) is 4.55 Å². The van der Waals surface area contributed by atoms with Crippen molar-refractivity contribution in [2.45, 2.75) is 6.92 Å². The highest BCUT2D eigenvalue weighted by molar-refractivity contribution is 7.89. The Hall–Kier alpha value is -0.280. The van der Waals surface area contributed by atoms with Crippen molar-refractivity contribution in [1.29, 1.82) is 5.26 Å². The SMILES string of the molecule is CC#N.COCCOC.C[S+](C)[O-]. The first-order valence-electron chi connectivity index (χ1n) is 3.60. The molecule has 0 aromatic rings. The Morgan fingerprint density at radius 2 is 1.38 bits per heavy atom. The van der Waals surface area contributed by atoms with Crippen molar-refractivity contribution >= 4 is 11.2 Å². The maximum Gasteiger partial charge on any atom is 0.0946 e. The molecule has 0 aromatic carbocycles. The third-order valence-corrected chi connectivity index (χ3v) is 0.492. The van der Waals surface area contributed by atoms with Gasteiger partial charge in [0, 0.05) is 21.1 Å². The third kappa shape index (κ3) is 150. The monoisotopic (exact) mass is 209 g/mol. The van der Waals surface area contributed by atoms with Gasteiger partial charge in [-0.15, -0.1) is 0 Å². The fourth-order valence-corrected chi connectivity index (χ4v) is 0.167. The second-order valence-corrected chi connectivity index (χ2v) is 3.43. The van der Waals surface area contributed by atoms with Crippen LogP contribution in [0.4, 0.5) is 0 Å². The molecule has 0 saturated heterocycles. The second kappa shape index (κ2) is 22.6. The average molecular weight is 209 g/mol. The van der Waals surface area contributed by atoms with Crippen LogP contribution in [0.1, 0.15) is 6.92 Å². The molecular formula is C8H19NO3S. The van der Waals surface area contributed by atoms with Gasteiger partial charge < -0.3 is 14.0 Å². The van der Waals surface area contributed by atoms with E-state index in [-0.39, 0.29) is 0 Å². The summed E-state index contributed by atoms with van der Waals surface area (Å²) >= 11 is -0.611. The minimum Gasteiger partial charge on any atom is -0.617 e. The zero-order valence-corrected chi connectivity index (χ0v) is 9.81. The van der Waals surface area contributed by atoms with Crippen LogP contribution in [0, 0.1) is 11.3 Å². The Balaban J connectivity index is -0.000000125. The zero-order valence-electron chi connectivity index (χ0n) is 8.99. The summed E-state index contributed by atoms with van der Waals surface area (Å²) < 4.78 is 18.9. The standard InChI is InChI=1S/C4H10O2.C2H3N.C2H6OS/c1-5-3-4-6-2;1-2-3;1-4(2)3/h3-4H2,1-2H3;1H3;1-2H3. The molecule has 4 nitrogen and oxygen atoms in total. The van der Waals surface area contributed by atoms with Crippen molar-refractivity contribution in [3.8, 4) is 6.07 Å². The van der Waals surface area contributed by atoms with Gasteiger partial charge in [-0.3, -0.25) is 0 Å². The van der Waals surface area contributed by atoms with Crippen molar-refractivity contribution in [1.82, 2.24) is 0 Å². The van der Waals surface area contributed by atoms with Crippen molar-refractivity contribution in [2.24, 2.45) is 0 Å². The summed E-state index contributed by atoms with van der Waals surface area (Å²) in [7, 11) is 3.30. The lowest BCUT2D eigenvalue weighted by Crippen LogP contribution is -1.96. The molecule has 0 unspecified atom stereocenters. The molecule has 0 aromatic heterocycles. The van der Waals surface area contributed by atoms with Gasteiger partial charge in [-0.25, -0.2) is 0 Å². The number of rotatable bonds is 3. The minimum absolute atomic E-state index is 0.611. The Bertz CT molecular complexity index is 97.3. The van der Waals surface area contributed by atoms with Crippen molar-refractivity contribution in [2.75, 3.05) is 39.9 Å². The molecule has 0 radical (unpaired) electrons. The molecule has 13 heavy (non-hydrogen) atoms. The number of hydrogen-bond acceptors (Lipinski definition) is 4. The molecule has 0 atom stereocenters. The molecule has 0 N–H and O–H groups in total. The zero-order chi connectivity index (χ0) is 11.1. The summed E-state index contributed by atoms with van der Waals surface area (Å²) in [5, 5.41) is 7.32. The molecule has 0 spiro atoms. The average Bonchev–Trinajstić information content (AvgIpc) is 2.01. The normalized spacial score (nSPS) is 7.54. The van der Waals surface area contributed by atoms with Gasteiger partial charge >= 0.3 is 0 Å². The molecule has 0 saturated carbocycles. The summed E-state index contributed by atoms with van der Waals surface area (Å²) in [4.78, 5) is 0. The highest BCUT2D eigenvalue weighted by Crippen LogP contribution is 1.65. The maximum atomic E-state index is 9.56. The number of hydrogen-bond donors (Lipinski definition) is 0. The van der Waals surface area contributed by atoms with E-state index in [1.807, 2.05) is 0 Å². The van der Waals surface area contributed by atoms with Crippen molar-refractivity contribution in [3.05, 3.63) is 0 Å². The van der Waals surface area contributed by atoms with Gasteiger partial charge in [-0.1, -0.05) is 11.2 Å². The lowest BCUT2D eigenvalue weighted by molar-refractivity contribution is 0.103. The summed E-state index contributed by atoms with van der Waals surface area (Å²) in [6.07, 6.45) is 3.28. The summed E-state index contributed by atoms with van der Waals surface area (Å²) in [5.41, 5.74) is 0. The van der Waals surface area contributed by atoms with Gasteiger partial charge in [0.15, 0.2) is 0 Å². The molecule has 5 heteroatoms. The Morgan fingerprint density at radius 1 is 1.23 bits per heavy atom. The van der Waals surface area contributed by atoms with Crippen molar-refractivity contribution < 1.29 is 14.0 Å². The first-order chi connectivity index (χ1) is 6.06. The van der Waals surface area contributed by atoms with E-state index in [1.165, 1.54) is 6.92 Å². The van der Waals surface area contributed by atoms with E-state index in [4.69, 9.17) is 5.26 Å². The first-order valence-corrected chi connectivity index (χ1v) is 5.57. The topological polar surface area (TPSA) is 65.3 Å². The lowest BCUT2D eigenvalue weighted by atomic mass is 10.8. The minimum atomic E-state index is -0.611. The summed E-state index contributed by atoms with van der Waals surface area (Å²) in [6, 6.07) is 1.75. The number of nitrogens with zero attached hydrogens (tertiary/aromatic N) is 1. The highest BCUT2D eigenvalue weighted by atomic mass is 32.2. The van der Waals surface area contributed by atoms with E-state index in [0.29, 0.717) is 13.2 Å². The van der Waals surface area contributed by atoms with E-state index >= 15 is 0 Å². The fraction of sp³-hybridized carbons (Fsp3) is 0.875. The highest BCUT2D eigenvalue weighted by Gasteiger charge is 1.73. The van der Waals surface area contributed by atoms with Crippen LogP contribution in [0.5, 0.6) is 0 Å². The molecule has 0 bridgehead atoms. The quantitative estimate of drug-likeness (QED) is 0.509. The van der Waals surface area contributed by atoms with E-state index < -0.39 is 11.2 Å². The molecule has 0 amide bonds. The van der Waals surface area contributed by atoms with Crippen LogP contribution >= 0.6 is 0 Å². The van der Waals surface area contributed by atoms with Gasteiger partial charge in [-0.05, 0) is 0 Å². The van der Waals surface area contributed by atoms with Crippen LogP contribution < -0.4 is 0 Å². The van der Waals surface area contributed by atoms with E-state index in [1.54, 1.807) is 32.8 Å². The van der Waals surface area contributed by atoms with Crippen LogP contribution in [-0.2, 0) is 20.6 Å². The molecule has 0 aliphatic heterocycles. The number of methoxy groups -OCH3 is 2. The van der Waals surface area contributed by atoms with Crippen LogP contribution in [0.2, 0.25) is 0 Å². The van der Waals surface area contributed by atoms with E-state index in [2.05, 4.69) is 9.47 Å². The number of nitriles is 1. The Morgan fingerprint density at radius 3 is 1.46 bits per heavy atom. The second-order valence-electron chi connectivity index (χ2n) is 1.95. The van der Waals surface area contributed by atoms with Gasteiger partial charge in [0.25, 0.3) is 0 Å². The van der Waals surface area contributed by atoms with Gasteiger partial charge in [0.05, 0.1) is 31.8 Å². The van der Waals surface area contributed by atoms with Crippen LogP contribution in [0.15, 0.2) is 0 Å². The molecule has 0 aliphatic carbocycles. The molecule has 0 fully saturated rings.